The molecule has 0 aliphatic heterocycles. The number of halogens is 1. The fourth-order valence-electron chi connectivity index (χ4n) is 2.83. The standard InChI is InChI=1S/C22H21ClN2O4S/c1-15-4-3-5-16(12-15)14-24-22(26)20-11-6-17(13-21(20)23)25-30(27,28)19-9-7-18(29-2)8-10-19/h3-13,25H,14H2,1-2H3,(H,24,26). The Hall–Kier alpha value is -3.03. The minimum Gasteiger partial charge on any atom is -0.497 e. The van der Waals surface area contributed by atoms with Crippen LogP contribution < -0.4 is 14.8 Å². The Kier molecular flexibility index (Phi) is 6.64. The van der Waals surface area contributed by atoms with E-state index in [4.69, 9.17) is 16.3 Å². The first-order valence-corrected chi connectivity index (χ1v) is 10.9. The first-order chi connectivity index (χ1) is 14.3. The minimum atomic E-state index is -3.80. The van der Waals surface area contributed by atoms with Gasteiger partial charge < -0.3 is 10.1 Å². The number of hydrogen-bond donors (Lipinski definition) is 2. The lowest BCUT2D eigenvalue weighted by atomic mass is 10.1. The van der Waals surface area contributed by atoms with Gasteiger partial charge in [-0.15, -0.1) is 0 Å². The van der Waals surface area contributed by atoms with Gasteiger partial charge in [0, 0.05) is 6.54 Å². The molecule has 30 heavy (non-hydrogen) atoms. The average Bonchev–Trinajstić information content (AvgIpc) is 2.72. The van der Waals surface area contributed by atoms with E-state index in [1.54, 1.807) is 12.1 Å². The Labute approximate surface area is 180 Å². The third-order valence-corrected chi connectivity index (χ3v) is 6.08. The molecule has 0 fully saturated rings. The molecule has 0 radical (unpaired) electrons. The van der Waals surface area contributed by atoms with Gasteiger partial charge in [-0.25, -0.2) is 8.42 Å². The zero-order valence-electron chi connectivity index (χ0n) is 16.5. The van der Waals surface area contributed by atoms with E-state index in [0.717, 1.165) is 11.1 Å². The smallest absolute Gasteiger partial charge is 0.261 e. The SMILES string of the molecule is COc1ccc(S(=O)(=O)Nc2ccc(C(=O)NCc3cccc(C)c3)c(Cl)c2)cc1. The van der Waals surface area contributed by atoms with Crippen LogP contribution in [0.15, 0.2) is 71.6 Å². The Bertz CT molecular complexity index is 1160. The molecule has 156 valence electrons. The van der Waals surface area contributed by atoms with Crippen LogP contribution in [0.1, 0.15) is 21.5 Å². The third kappa shape index (κ3) is 5.31. The number of aryl methyl sites for hydroxylation is 1. The highest BCUT2D eigenvalue weighted by molar-refractivity contribution is 7.92. The van der Waals surface area contributed by atoms with Crippen molar-refractivity contribution < 1.29 is 17.9 Å². The van der Waals surface area contributed by atoms with Gasteiger partial charge in [0.25, 0.3) is 15.9 Å². The highest BCUT2D eigenvalue weighted by Gasteiger charge is 2.16. The number of methoxy groups -OCH3 is 1. The van der Waals surface area contributed by atoms with Gasteiger partial charge >= 0.3 is 0 Å². The molecule has 0 bridgehead atoms. The Morgan fingerprint density at radius 2 is 1.77 bits per heavy atom. The van der Waals surface area contributed by atoms with Gasteiger partial charge in [-0.2, -0.15) is 0 Å². The highest BCUT2D eigenvalue weighted by atomic mass is 35.5. The molecule has 8 heteroatoms. The molecule has 0 atom stereocenters. The largest absolute Gasteiger partial charge is 0.497 e. The summed E-state index contributed by atoms with van der Waals surface area (Å²) in [4.78, 5) is 12.5. The maximum atomic E-state index is 12.5. The van der Waals surface area contributed by atoms with Crippen LogP contribution in [0.4, 0.5) is 5.69 Å². The van der Waals surface area contributed by atoms with Crippen LogP contribution in [-0.2, 0) is 16.6 Å². The van der Waals surface area contributed by atoms with Crippen LogP contribution in [0.5, 0.6) is 5.75 Å². The zero-order valence-corrected chi connectivity index (χ0v) is 18.0. The van der Waals surface area contributed by atoms with Crippen molar-refractivity contribution in [2.45, 2.75) is 18.4 Å². The van der Waals surface area contributed by atoms with Gasteiger partial charge in [-0.05, 0) is 55.0 Å². The third-order valence-electron chi connectivity index (χ3n) is 4.37. The summed E-state index contributed by atoms with van der Waals surface area (Å²) < 4.78 is 32.6. The quantitative estimate of drug-likeness (QED) is 0.566. The lowest BCUT2D eigenvalue weighted by molar-refractivity contribution is 0.0951. The molecule has 3 aromatic carbocycles. The molecule has 1 amide bonds. The number of ether oxygens (including phenoxy) is 1. The molecule has 0 unspecified atom stereocenters. The van der Waals surface area contributed by atoms with Crippen molar-refractivity contribution in [3.63, 3.8) is 0 Å². The first kappa shape index (κ1) is 21.7. The summed E-state index contributed by atoms with van der Waals surface area (Å²) in [6.07, 6.45) is 0. The second kappa shape index (κ2) is 9.19. The summed E-state index contributed by atoms with van der Waals surface area (Å²) in [5.41, 5.74) is 2.60. The van der Waals surface area contributed by atoms with Crippen molar-refractivity contribution in [2.75, 3.05) is 11.8 Å². The second-order valence-corrected chi connectivity index (χ2v) is 8.74. The van der Waals surface area contributed by atoms with Gasteiger partial charge in [0.05, 0.1) is 28.3 Å². The Morgan fingerprint density at radius 3 is 2.40 bits per heavy atom. The van der Waals surface area contributed by atoms with Crippen LogP contribution in [0.25, 0.3) is 0 Å². The van der Waals surface area contributed by atoms with E-state index in [2.05, 4.69) is 10.0 Å². The van der Waals surface area contributed by atoms with Crippen molar-refractivity contribution in [3.05, 3.63) is 88.4 Å². The van der Waals surface area contributed by atoms with Gasteiger partial charge in [0.2, 0.25) is 0 Å². The van der Waals surface area contributed by atoms with E-state index in [-0.39, 0.29) is 27.1 Å². The van der Waals surface area contributed by atoms with Crippen LogP contribution in [0.2, 0.25) is 5.02 Å². The average molecular weight is 445 g/mol. The number of carbonyl (C=O) groups excluding carboxylic acids is 1. The summed E-state index contributed by atoms with van der Waals surface area (Å²) in [6, 6.07) is 18.2. The van der Waals surface area contributed by atoms with E-state index < -0.39 is 10.0 Å². The lowest BCUT2D eigenvalue weighted by Crippen LogP contribution is -2.23. The molecule has 0 aliphatic carbocycles. The molecule has 2 N–H and O–H groups in total. The van der Waals surface area contributed by atoms with Gasteiger partial charge in [0.1, 0.15) is 5.75 Å². The number of hydrogen-bond acceptors (Lipinski definition) is 4. The summed E-state index contributed by atoms with van der Waals surface area (Å²) in [6.45, 7) is 2.34. The lowest BCUT2D eigenvalue weighted by Gasteiger charge is -2.11. The monoisotopic (exact) mass is 444 g/mol. The van der Waals surface area contributed by atoms with E-state index in [0.29, 0.717) is 12.3 Å². The van der Waals surface area contributed by atoms with Crippen LogP contribution in [0, 0.1) is 6.92 Å². The van der Waals surface area contributed by atoms with Crippen LogP contribution in [0.3, 0.4) is 0 Å². The van der Waals surface area contributed by atoms with Crippen LogP contribution >= 0.6 is 11.6 Å². The molecule has 0 aromatic heterocycles. The first-order valence-electron chi connectivity index (χ1n) is 9.08. The van der Waals surface area contributed by atoms with Crippen molar-refractivity contribution >= 4 is 33.2 Å². The normalized spacial score (nSPS) is 11.0. The molecule has 0 aliphatic rings. The van der Waals surface area contributed by atoms with E-state index in [1.165, 1.54) is 37.4 Å². The Morgan fingerprint density at radius 1 is 1.03 bits per heavy atom. The predicted octanol–water partition coefficient (Wildman–Crippen LogP) is 4.39. The van der Waals surface area contributed by atoms with E-state index in [1.807, 2.05) is 31.2 Å². The van der Waals surface area contributed by atoms with Crippen molar-refractivity contribution in [2.24, 2.45) is 0 Å². The van der Waals surface area contributed by atoms with Gasteiger partial charge in [0.15, 0.2) is 0 Å². The number of carbonyl (C=O) groups is 1. The maximum absolute atomic E-state index is 12.5. The summed E-state index contributed by atoms with van der Waals surface area (Å²) in [5.74, 6) is 0.212. The number of rotatable bonds is 7. The molecule has 6 nitrogen and oxygen atoms in total. The van der Waals surface area contributed by atoms with Crippen molar-refractivity contribution in [1.82, 2.24) is 5.32 Å². The van der Waals surface area contributed by atoms with Gasteiger partial charge in [-0.1, -0.05) is 41.4 Å². The Balaban J connectivity index is 1.70. The maximum Gasteiger partial charge on any atom is 0.261 e. The fourth-order valence-corrected chi connectivity index (χ4v) is 4.15. The minimum absolute atomic E-state index is 0.0828. The second-order valence-electron chi connectivity index (χ2n) is 6.65. The number of anilines is 1. The molecule has 3 rings (SSSR count). The van der Waals surface area contributed by atoms with Crippen molar-refractivity contribution in [1.29, 1.82) is 0 Å². The summed E-state index contributed by atoms with van der Waals surface area (Å²) in [5, 5.41) is 2.96. The van der Waals surface area contributed by atoms with Crippen molar-refractivity contribution in [3.8, 4) is 5.75 Å². The summed E-state index contributed by atoms with van der Waals surface area (Å²) >= 11 is 6.23. The van der Waals surface area contributed by atoms with Gasteiger partial charge in [-0.3, -0.25) is 9.52 Å². The zero-order chi connectivity index (χ0) is 21.7. The van der Waals surface area contributed by atoms with E-state index >= 15 is 0 Å². The predicted molar refractivity (Wildman–Crippen MR) is 118 cm³/mol. The van der Waals surface area contributed by atoms with Crippen LogP contribution in [-0.4, -0.2) is 21.4 Å². The topological polar surface area (TPSA) is 84.5 Å². The summed E-state index contributed by atoms with van der Waals surface area (Å²) in [7, 11) is -2.30. The number of benzene rings is 3. The molecule has 0 saturated heterocycles. The number of nitrogens with one attached hydrogen (secondary N) is 2. The number of amides is 1. The molecule has 0 spiro atoms. The highest BCUT2D eigenvalue weighted by Crippen LogP contribution is 2.24. The molecule has 0 heterocycles. The molecular weight excluding hydrogens is 424 g/mol. The fraction of sp³-hybridized carbons (Fsp3) is 0.136. The molecular formula is C22H21ClN2O4S. The van der Waals surface area contributed by atoms with E-state index in [9.17, 15) is 13.2 Å². The molecule has 3 aromatic rings. The molecule has 0 saturated carbocycles. The number of sulfonamides is 1.